The van der Waals surface area contributed by atoms with E-state index >= 15 is 0 Å². The Kier molecular flexibility index (Phi) is 3.87. The van der Waals surface area contributed by atoms with Gasteiger partial charge in [-0.2, -0.15) is 0 Å². The fourth-order valence-corrected chi connectivity index (χ4v) is 1.96. The maximum absolute atomic E-state index is 10.4. The first-order valence-electron chi connectivity index (χ1n) is 5.82. The van der Waals surface area contributed by atoms with E-state index in [1.165, 1.54) is 38.2 Å². The first-order valence-corrected chi connectivity index (χ1v) is 5.82. The summed E-state index contributed by atoms with van der Waals surface area (Å²) in [5.41, 5.74) is 0.829. The maximum Gasteiger partial charge on any atom is 0.363 e. The van der Waals surface area contributed by atoms with E-state index in [2.05, 4.69) is 15.2 Å². The lowest BCUT2D eigenvalue weighted by Crippen LogP contribution is -2.25. The minimum absolute atomic E-state index is 0.116. The molecular weight excluding hydrogens is 220 g/mol. The van der Waals surface area contributed by atoms with E-state index in [4.69, 9.17) is 0 Å². The number of aromatic nitrogens is 1. The van der Waals surface area contributed by atoms with Crippen LogP contribution >= 0.6 is 0 Å². The van der Waals surface area contributed by atoms with Crippen molar-refractivity contribution in [2.24, 2.45) is 0 Å². The lowest BCUT2D eigenvalue weighted by molar-refractivity contribution is -0.389. The molecule has 6 heteroatoms. The molecular formula is C11H16N4O2. The lowest BCUT2D eigenvalue weighted by Gasteiger charge is -2.14. The highest BCUT2D eigenvalue weighted by atomic mass is 16.6. The molecule has 1 fully saturated rings. The average Bonchev–Trinajstić information content (AvgIpc) is 2.83. The average molecular weight is 236 g/mol. The molecule has 1 aromatic heterocycles. The summed E-state index contributed by atoms with van der Waals surface area (Å²) in [6, 6.07) is 3.10. The summed E-state index contributed by atoms with van der Waals surface area (Å²) >= 11 is 0. The van der Waals surface area contributed by atoms with E-state index in [0.29, 0.717) is 0 Å². The van der Waals surface area contributed by atoms with Gasteiger partial charge in [-0.1, -0.05) is 0 Å². The minimum atomic E-state index is -0.492. The molecule has 0 saturated carbocycles. The molecule has 6 nitrogen and oxygen atoms in total. The quantitative estimate of drug-likeness (QED) is 0.619. The normalized spacial score (nSPS) is 16.0. The highest BCUT2D eigenvalue weighted by Crippen LogP contribution is 2.11. The number of hydrogen-bond donors (Lipinski definition) is 1. The second kappa shape index (κ2) is 5.58. The van der Waals surface area contributed by atoms with E-state index in [9.17, 15) is 10.1 Å². The molecule has 92 valence electrons. The van der Waals surface area contributed by atoms with Crippen molar-refractivity contribution in [1.29, 1.82) is 0 Å². The molecule has 1 aromatic rings. The van der Waals surface area contributed by atoms with Crippen molar-refractivity contribution in [3.05, 3.63) is 28.4 Å². The molecule has 1 saturated heterocycles. The second-order valence-electron chi connectivity index (χ2n) is 4.14. The molecule has 0 bridgehead atoms. The number of nitrogens with one attached hydrogen (secondary N) is 1. The van der Waals surface area contributed by atoms with Crippen LogP contribution in [0.5, 0.6) is 0 Å². The van der Waals surface area contributed by atoms with Crippen LogP contribution in [-0.2, 0) is 0 Å². The van der Waals surface area contributed by atoms with Crippen LogP contribution in [0, 0.1) is 10.1 Å². The Morgan fingerprint density at radius 2 is 2.18 bits per heavy atom. The van der Waals surface area contributed by atoms with Gasteiger partial charge in [0.15, 0.2) is 6.20 Å². The van der Waals surface area contributed by atoms with E-state index in [0.717, 1.165) is 18.8 Å². The molecule has 0 radical (unpaired) electrons. The maximum atomic E-state index is 10.4. The van der Waals surface area contributed by atoms with Crippen molar-refractivity contribution < 1.29 is 4.92 Å². The Morgan fingerprint density at radius 1 is 1.41 bits per heavy atom. The lowest BCUT2D eigenvalue weighted by atomic mass is 10.4. The Balaban J connectivity index is 1.76. The molecule has 0 aliphatic carbocycles. The standard InChI is InChI=1S/C11H16N4O2/c16-15(17)11-4-3-10(9-13-11)12-5-8-14-6-1-2-7-14/h3-4,9,12H,1-2,5-8H2. The van der Waals surface area contributed by atoms with Gasteiger partial charge in [-0.05, 0) is 41.9 Å². The monoisotopic (exact) mass is 236 g/mol. The number of pyridine rings is 1. The summed E-state index contributed by atoms with van der Waals surface area (Å²) in [6.45, 7) is 4.22. The Hall–Kier alpha value is -1.69. The van der Waals surface area contributed by atoms with Crippen molar-refractivity contribution in [3.63, 3.8) is 0 Å². The fourth-order valence-electron chi connectivity index (χ4n) is 1.96. The number of nitro groups is 1. The largest absolute Gasteiger partial charge is 0.381 e. The summed E-state index contributed by atoms with van der Waals surface area (Å²) in [6.07, 6.45) is 4.08. The third-order valence-corrected chi connectivity index (χ3v) is 2.89. The fraction of sp³-hybridized carbons (Fsp3) is 0.545. The molecule has 1 N–H and O–H groups in total. The van der Waals surface area contributed by atoms with Crippen LogP contribution in [0.1, 0.15) is 12.8 Å². The second-order valence-corrected chi connectivity index (χ2v) is 4.14. The van der Waals surface area contributed by atoms with Crippen LogP contribution in [-0.4, -0.2) is 41.0 Å². The minimum Gasteiger partial charge on any atom is -0.381 e. The predicted octanol–water partition coefficient (Wildman–Crippen LogP) is 1.50. The summed E-state index contributed by atoms with van der Waals surface area (Å²) in [7, 11) is 0. The number of rotatable bonds is 5. The number of anilines is 1. The first-order chi connectivity index (χ1) is 8.25. The van der Waals surface area contributed by atoms with Gasteiger partial charge in [0, 0.05) is 19.2 Å². The molecule has 0 amide bonds. The van der Waals surface area contributed by atoms with E-state index in [1.54, 1.807) is 6.07 Å². The van der Waals surface area contributed by atoms with Crippen LogP contribution in [0.15, 0.2) is 18.3 Å². The molecule has 2 rings (SSSR count). The van der Waals surface area contributed by atoms with Gasteiger partial charge in [-0.15, -0.1) is 0 Å². The molecule has 0 unspecified atom stereocenters. The number of nitrogens with zero attached hydrogens (tertiary/aromatic N) is 3. The third kappa shape index (κ3) is 3.39. The van der Waals surface area contributed by atoms with Gasteiger partial charge >= 0.3 is 5.82 Å². The topological polar surface area (TPSA) is 71.3 Å². The zero-order valence-electron chi connectivity index (χ0n) is 9.63. The zero-order valence-corrected chi connectivity index (χ0v) is 9.63. The molecule has 0 aromatic carbocycles. The van der Waals surface area contributed by atoms with Crippen molar-refractivity contribution >= 4 is 11.5 Å². The van der Waals surface area contributed by atoms with Crippen molar-refractivity contribution in [1.82, 2.24) is 9.88 Å². The van der Waals surface area contributed by atoms with E-state index < -0.39 is 4.92 Å². The third-order valence-electron chi connectivity index (χ3n) is 2.89. The SMILES string of the molecule is O=[N+]([O-])c1ccc(NCCN2CCCC2)cn1. The summed E-state index contributed by atoms with van der Waals surface area (Å²) in [5, 5.41) is 13.6. The van der Waals surface area contributed by atoms with Crippen LogP contribution in [0.4, 0.5) is 11.5 Å². The Bertz CT molecular complexity index is 374. The Morgan fingerprint density at radius 3 is 2.76 bits per heavy atom. The van der Waals surface area contributed by atoms with Crippen molar-refractivity contribution in [2.45, 2.75) is 12.8 Å². The van der Waals surface area contributed by atoms with Gasteiger partial charge in [-0.25, -0.2) is 0 Å². The van der Waals surface area contributed by atoms with Gasteiger partial charge < -0.3 is 20.3 Å². The van der Waals surface area contributed by atoms with Gasteiger partial charge in [0.25, 0.3) is 0 Å². The van der Waals surface area contributed by atoms with Gasteiger partial charge in [0.05, 0.1) is 5.69 Å². The smallest absolute Gasteiger partial charge is 0.363 e. The van der Waals surface area contributed by atoms with Crippen LogP contribution in [0.25, 0.3) is 0 Å². The Labute approximate surface area is 99.8 Å². The predicted molar refractivity (Wildman–Crippen MR) is 65.1 cm³/mol. The summed E-state index contributed by atoms with van der Waals surface area (Å²) in [4.78, 5) is 16.1. The molecule has 17 heavy (non-hydrogen) atoms. The van der Waals surface area contributed by atoms with E-state index in [1.807, 2.05) is 0 Å². The van der Waals surface area contributed by atoms with Crippen molar-refractivity contribution in [2.75, 3.05) is 31.5 Å². The highest BCUT2D eigenvalue weighted by Gasteiger charge is 2.10. The van der Waals surface area contributed by atoms with Crippen LogP contribution in [0.3, 0.4) is 0 Å². The number of hydrogen-bond acceptors (Lipinski definition) is 5. The first kappa shape index (κ1) is 11.8. The van der Waals surface area contributed by atoms with Crippen LogP contribution < -0.4 is 5.32 Å². The summed E-state index contributed by atoms with van der Waals surface area (Å²) in [5.74, 6) is -0.116. The highest BCUT2D eigenvalue weighted by molar-refractivity contribution is 5.43. The molecule has 0 atom stereocenters. The van der Waals surface area contributed by atoms with E-state index in [-0.39, 0.29) is 5.82 Å². The summed E-state index contributed by atoms with van der Waals surface area (Å²) < 4.78 is 0. The van der Waals surface area contributed by atoms with Gasteiger partial charge in [0.2, 0.25) is 0 Å². The van der Waals surface area contributed by atoms with Gasteiger partial charge in [0.1, 0.15) is 0 Å². The number of likely N-dealkylation sites (tertiary alicyclic amines) is 1. The zero-order chi connectivity index (χ0) is 12.1. The molecule has 0 spiro atoms. The molecule has 1 aliphatic heterocycles. The van der Waals surface area contributed by atoms with Gasteiger partial charge in [-0.3, -0.25) is 0 Å². The van der Waals surface area contributed by atoms with Crippen LogP contribution in [0.2, 0.25) is 0 Å². The molecule has 1 aliphatic rings. The molecule has 2 heterocycles. The van der Waals surface area contributed by atoms with Crippen molar-refractivity contribution in [3.8, 4) is 0 Å².